The summed E-state index contributed by atoms with van der Waals surface area (Å²) in [6, 6.07) is 4.73. The number of aliphatic hydroxyl groups is 3. The Balaban J connectivity index is 1.60. The van der Waals surface area contributed by atoms with Crippen molar-refractivity contribution in [2.75, 3.05) is 20.3 Å². The quantitative estimate of drug-likeness (QED) is 0.544. The maximum atomic E-state index is 11.0. The number of likely N-dealkylation sites (tertiary alicyclic amines) is 1. The van der Waals surface area contributed by atoms with Gasteiger partial charge in [0.25, 0.3) is 0 Å². The van der Waals surface area contributed by atoms with E-state index in [9.17, 15) is 15.3 Å². The normalized spacial score (nSPS) is 39.4. The van der Waals surface area contributed by atoms with E-state index in [0.717, 1.165) is 6.42 Å². The van der Waals surface area contributed by atoms with Crippen molar-refractivity contribution >= 4 is 29.0 Å². The van der Waals surface area contributed by atoms with Crippen molar-refractivity contribution in [1.82, 2.24) is 9.80 Å². The molecule has 0 aromatic heterocycles. The number of aliphatic hydroxyl groups excluding tert-OH is 2. The van der Waals surface area contributed by atoms with Gasteiger partial charge < -0.3 is 25.8 Å². The number of rotatable bonds is 3. The van der Waals surface area contributed by atoms with Crippen LogP contribution in [0.1, 0.15) is 25.0 Å². The molecule has 7 atom stereocenters. The Morgan fingerprint density at radius 1 is 1.34 bits per heavy atom. The molecule has 0 saturated carbocycles. The fraction of sp³-hybridized carbons (Fsp3) is 0.632. The maximum absolute atomic E-state index is 11.0. The van der Waals surface area contributed by atoms with Crippen LogP contribution in [0, 0.1) is 5.92 Å². The number of fused-ring (bicyclic) bond motifs is 1. The molecule has 8 nitrogen and oxygen atoms in total. The molecule has 29 heavy (non-hydrogen) atoms. The first kappa shape index (κ1) is 21.3. The molecule has 0 radical (unpaired) electrons. The molecule has 1 aromatic rings. The third-order valence-corrected chi connectivity index (χ3v) is 7.07. The molecule has 0 spiro atoms. The molecule has 1 aromatic carbocycles. The molecule has 0 bridgehead atoms. The summed E-state index contributed by atoms with van der Waals surface area (Å²) in [5, 5.41) is 33.5. The monoisotopic (exact) mass is 444 g/mol. The lowest BCUT2D eigenvalue weighted by molar-refractivity contribution is -0.141. The van der Waals surface area contributed by atoms with E-state index in [4.69, 9.17) is 33.7 Å². The summed E-state index contributed by atoms with van der Waals surface area (Å²) in [6.07, 6.45) is -3.59. The van der Waals surface area contributed by atoms with Gasteiger partial charge in [0.2, 0.25) is 0 Å². The third-order valence-electron chi connectivity index (χ3n) is 6.34. The van der Waals surface area contributed by atoms with E-state index in [1.807, 2.05) is 16.8 Å². The van der Waals surface area contributed by atoms with Gasteiger partial charge in [-0.3, -0.25) is 14.8 Å². The van der Waals surface area contributed by atoms with Crippen LogP contribution in [0.15, 0.2) is 23.2 Å². The average molecular weight is 445 g/mol. The van der Waals surface area contributed by atoms with Crippen molar-refractivity contribution in [3.8, 4) is 0 Å². The lowest BCUT2D eigenvalue weighted by Crippen LogP contribution is -2.58. The van der Waals surface area contributed by atoms with E-state index in [1.54, 1.807) is 12.1 Å². The second-order valence-electron chi connectivity index (χ2n) is 8.26. The highest BCUT2D eigenvalue weighted by Crippen LogP contribution is 2.43. The molecule has 2 fully saturated rings. The number of nitrogens with two attached hydrogens (primary N) is 1. The van der Waals surface area contributed by atoms with E-state index in [-0.39, 0.29) is 12.1 Å². The number of nitrogens with zero attached hydrogens (tertiary/aromatic N) is 3. The van der Waals surface area contributed by atoms with Gasteiger partial charge in [-0.2, -0.15) is 0 Å². The largest absolute Gasteiger partial charge is 0.387 e. The van der Waals surface area contributed by atoms with Crippen LogP contribution in [-0.4, -0.2) is 81.4 Å². The van der Waals surface area contributed by atoms with E-state index in [2.05, 4.69) is 4.99 Å². The molecule has 5 N–H and O–H groups in total. The van der Waals surface area contributed by atoms with Crippen LogP contribution < -0.4 is 5.73 Å². The first-order chi connectivity index (χ1) is 13.6. The lowest BCUT2D eigenvalue weighted by Gasteiger charge is -2.40. The molecule has 3 heterocycles. The maximum Gasteiger partial charge on any atom is 0.141 e. The van der Waals surface area contributed by atoms with Crippen molar-refractivity contribution in [2.45, 2.75) is 49.7 Å². The Kier molecular flexibility index (Phi) is 5.59. The van der Waals surface area contributed by atoms with Crippen molar-refractivity contribution in [3.63, 3.8) is 0 Å². The van der Waals surface area contributed by atoms with E-state index in [0.29, 0.717) is 34.7 Å². The minimum atomic E-state index is -1.68. The van der Waals surface area contributed by atoms with E-state index >= 15 is 0 Å². The van der Waals surface area contributed by atoms with Crippen LogP contribution in [-0.2, 0) is 4.74 Å². The summed E-state index contributed by atoms with van der Waals surface area (Å²) in [6.45, 7) is 2.55. The zero-order chi connectivity index (χ0) is 21.1. The zero-order valence-corrected chi connectivity index (χ0v) is 17.8. The average Bonchev–Trinajstić information content (AvgIpc) is 3.21. The van der Waals surface area contributed by atoms with Crippen molar-refractivity contribution < 1.29 is 20.1 Å². The molecule has 0 amide bonds. The standard InChI is InChI=1S/C19H26Cl2N4O4/c1-19(28)14(27)18(25-6-5-10-16(22)23-8-24(2)17(10)25)29-15(19)13(26)9-3-4-11(20)12(21)7-9/h3-4,7,10,13-15,17-18,26-28H,5-6,8H2,1-2H3,(H2,22,23)/t10?,13-,14+,15-,17?,18-,19+/m1/s1. The Labute approximate surface area is 179 Å². The highest BCUT2D eigenvalue weighted by molar-refractivity contribution is 6.42. The van der Waals surface area contributed by atoms with Gasteiger partial charge >= 0.3 is 0 Å². The molecule has 10 heteroatoms. The van der Waals surface area contributed by atoms with Crippen LogP contribution in [0.3, 0.4) is 0 Å². The molecule has 3 aliphatic heterocycles. The summed E-state index contributed by atoms with van der Waals surface area (Å²) >= 11 is 12.0. The van der Waals surface area contributed by atoms with Crippen LogP contribution in [0.25, 0.3) is 0 Å². The van der Waals surface area contributed by atoms with Gasteiger partial charge in [0.05, 0.1) is 22.9 Å². The van der Waals surface area contributed by atoms with E-state index < -0.39 is 30.1 Å². The third kappa shape index (κ3) is 3.45. The summed E-state index contributed by atoms with van der Waals surface area (Å²) in [7, 11) is 1.94. The number of halogens is 2. The van der Waals surface area contributed by atoms with Gasteiger partial charge in [-0.1, -0.05) is 29.3 Å². The SMILES string of the molecule is CN1CN=C(N)C2CCN([C@@H]3O[C@H]([C@H](O)c4ccc(Cl)c(Cl)c4)[C@@](C)(O)[C@H]3O)C21. The predicted octanol–water partition coefficient (Wildman–Crippen LogP) is 0.772. The zero-order valence-electron chi connectivity index (χ0n) is 16.2. The number of aliphatic imine (C=N–C) groups is 1. The Morgan fingerprint density at radius 3 is 2.76 bits per heavy atom. The van der Waals surface area contributed by atoms with Gasteiger partial charge in [0.1, 0.15) is 36.0 Å². The molecule has 2 saturated heterocycles. The van der Waals surface area contributed by atoms with E-state index in [1.165, 1.54) is 13.0 Å². The molecule has 160 valence electrons. The highest BCUT2D eigenvalue weighted by Gasteiger charge is 2.59. The Bertz CT molecular complexity index is 823. The fourth-order valence-corrected chi connectivity index (χ4v) is 4.98. The first-order valence-electron chi connectivity index (χ1n) is 9.57. The smallest absolute Gasteiger partial charge is 0.141 e. The number of hydrogen-bond acceptors (Lipinski definition) is 8. The number of hydrogen-bond donors (Lipinski definition) is 4. The Morgan fingerprint density at radius 2 is 2.07 bits per heavy atom. The molecular weight excluding hydrogens is 419 g/mol. The molecule has 4 rings (SSSR count). The second-order valence-corrected chi connectivity index (χ2v) is 9.08. The van der Waals surface area contributed by atoms with Gasteiger partial charge in [-0.15, -0.1) is 0 Å². The highest BCUT2D eigenvalue weighted by atomic mass is 35.5. The number of amidine groups is 1. The van der Waals surface area contributed by atoms with Crippen molar-refractivity contribution in [2.24, 2.45) is 16.6 Å². The van der Waals surface area contributed by atoms with Gasteiger partial charge in [-0.05, 0) is 38.1 Å². The minimum Gasteiger partial charge on any atom is -0.387 e. The van der Waals surface area contributed by atoms with Crippen LogP contribution in [0.5, 0.6) is 0 Å². The number of ether oxygens (including phenoxy) is 1. The Hall–Kier alpha value is -0.970. The first-order valence-corrected chi connectivity index (χ1v) is 10.3. The molecule has 0 aliphatic carbocycles. The second kappa shape index (κ2) is 7.62. The topological polar surface area (TPSA) is 115 Å². The lowest BCUT2D eigenvalue weighted by atomic mass is 9.88. The van der Waals surface area contributed by atoms with Crippen molar-refractivity contribution in [1.29, 1.82) is 0 Å². The summed E-state index contributed by atoms with van der Waals surface area (Å²) in [5.41, 5.74) is 4.86. The van der Waals surface area contributed by atoms with Gasteiger partial charge in [-0.25, -0.2) is 0 Å². The minimum absolute atomic E-state index is 0.0357. The number of benzene rings is 1. The summed E-state index contributed by atoms with van der Waals surface area (Å²) in [4.78, 5) is 8.37. The van der Waals surface area contributed by atoms with Crippen LogP contribution in [0.4, 0.5) is 0 Å². The van der Waals surface area contributed by atoms with Crippen molar-refractivity contribution in [3.05, 3.63) is 33.8 Å². The van der Waals surface area contributed by atoms with Gasteiger partial charge in [0, 0.05) is 12.5 Å². The summed E-state index contributed by atoms with van der Waals surface area (Å²) in [5.74, 6) is 0.635. The molecule has 2 unspecified atom stereocenters. The van der Waals surface area contributed by atoms with Crippen LogP contribution >= 0.6 is 23.2 Å². The molecular formula is C19H26Cl2N4O4. The predicted molar refractivity (Wildman–Crippen MR) is 110 cm³/mol. The molecule has 3 aliphatic rings. The van der Waals surface area contributed by atoms with Gasteiger partial charge in [0.15, 0.2) is 0 Å². The fourth-order valence-electron chi connectivity index (χ4n) is 4.68. The van der Waals surface area contributed by atoms with Crippen LogP contribution in [0.2, 0.25) is 10.0 Å². The summed E-state index contributed by atoms with van der Waals surface area (Å²) < 4.78 is 6.08.